The fraction of sp³-hybridized carbons (Fsp3) is 0.900. The van der Waals surface area contributed by atoms with Crippen LogP contribution in [-0.2, 0) is 4.79 Å². The maximum Gasteiger partial charge on any atom is 0.451 e. The Morgan fingerprint density at radius 3 is 2.81 bits per heavy atom. The highest BCUT2D eigenvalue weighted by atomic mass is 16.4. The molecule has 0 unspecified atom stereocenters. The van der Waals surface area contributed by atoms with Gasteiger partial charge in [0.1, 0.15) is 0 Å². The summed E-state index contributed by atoms with van der Waals surface area (Å²) in [5.74, 6) is -0.516. The summed E-state index contributed by atoms with van der Waals surface area (Å²) >= 11 is 0. The van der Waals surface area contributed by atoms with Crippen LogP contribution in [0.5, 0.6) is 0 Å². The zero-order valence-corrected chi connectivity index (χ0v) is 9.22. The molecule has 0 aromatic heterocycles. The molecule has 0 aromatic rings. The summed E-state index contributed by atoms with van der Waals surface area (Å²) in [5, 5.41) is 30.1. The van der Waals surface area contributed by atoms with E-state index in [1.54, 1.807) is 0 Å². The molecule has 4 N–H and O–H groups in total. The number of carboxylic acid groups (broad SMARTS) is 1. The minimum absolute atomic E-state index is 0.164. The van der Waals surface area contributed by atoms with Crippen LogP contribution < -0.4 is 5.32 Å². The number of rotatable bonds is 5. The summed E-state index contributed by atoms with van der Waals surface area (Å²) in [4.78, 5) is 11.3. The van der Waals surface area contributed by atoms with Crippen LogP contribution in [0.1, 0.15) is 25.7 Å². The van der Waals surface area contributed by atoms with Gasteiger partial charge in [-0.2, -0.15) is 0 Å². The molecule has 0 radical (unpaired) electrons. The molecule has 0 aromatic carbocycles. The van der Waals surface area contributed by atoms with Crippen molar-refractivity contribution < 1.29 is 19.9 Å². The van der Waals surface area contributed by atoms with Crippen LogP contribution in [0.3, 0.4) is 0 Å². The lowest BCUT2D eigenvalue weighted by Crippen LogP contribution is -2.66. The summed E-state index contributed by atoms with van der Waals surface area (Å²) < 4.78 is 0. The van der Waals surface area contributed by atoms with Gasteiger partial charge in [-0.1, -0.05) is 6.42 Å². The SMILES string of the molecule is O=C(O)[C@]12CCN[C@H](C1)[C@@H]2CCCB(O)O. The zero-order valence-electron chi connectivity index (χ0n) is 9.22. The molecule has 1 saturated carbocycles. The standard InChI is InChI=1S/C10H18BNO4/c13-9(14)10-3-5-12-8(6-10)7(10)2-1-4-11(15)16/h7-8,12,15-16H,1-6H2,(H,13,14)/t7-,8+,10+/m0/s1. The average molecular weight is 227 g/mol. The van der Waals surface area contributed by atoms with Crippen LogP contribution >= 0.6 is 0 Å². The van der Waals surface area contributed by atoms with E-state index >= 15 is 0 Å². The monoisotopic (exact) mass is 227 g/mol. The quantitative estimate of drug-likeness (QED) is 0.484. The van der Waals surface area contributed by atoms with Crippen molar-refractivity contribution in [2.45, 2.75) is 38.0 Å². The molecule has 16 heavy (non-hydrogen) atoms. The van der Waals surface area contributed by atoms with E-state index in [1.165, 1.54) is 0 Å². The van der Waals surface area contributed by atoms with Crippen molar-refractivity contribution >= 4 is 13.1 Å². The molecule has 90 valence electrons. The van der Waals surface area contributed by atoms with Crippen molar-refractivity contribution in [3.63, 3.8) is 0 Å². The first-order valence-electron chi connectivity index (χ1n) is 5.89. The molecule has 5 nitrogen and oxygen atoms in total. The molecule has 3 atom stereocenters. The lowest BCUT2D eigenvalue weighted by atomic mass is 9.51. The number of nitrogens with one attached hydrogen (secondary N) is 1. The van der Waals surface area contributed by atoms with Gasteiger partial charge in [-0.05, 0) is 38.0 Å². The number of hydrogen-bond donors (Lipinski definition) is 4. The topological polar surface area (TPSA) is 89.8 Å². The summed E-state index contributed by atoms with van der Waals surface area (Å²) in [7, 11) is -1.27. The second kappa shape index (κ2) is 4.35. The van der Waals surface area contributed by atoms with Crippen LogP contribution in [0.15, 0.2) is 0 Å². The van der Waals surface area contributed by atoms with E-state index < -0.39 is 18.5 Å². The van der Waals surface area contributed by atoms with Crippen molar-refractivity contribution in [2.75, 3.05) is 6.54 Å². The number of carboxylic acids is 1. The van der Waals surface area contributed by atoms with Crippen LogP contribution in [0.25, 0.3) is 0 Å². The first-order valence-corrected chi connectivity index (χ1v) is 5.89. The average Bonchev–Trinajstić information content (AvgIpc) is 2.24. The molecular weight excluding hydrogens is 209 g/mol. The van der Waals surface area contributed by atoms with Gasteiger partial charge in [0.25, 0.3) is 0 Å². The van der Waals surface area contributed by atoms with Gasteiger partial charge in [0.2, 0.25) is 0 Å². The normalized spacial score (nSPS) is 36.6. The Kier molecular flexibility index (Phi) is 3.23. The minimum atomic E-state index is -1.27. The van der Waals surface area contributed by atoms with E-state index in [2.05, 4.69) is 5.32 Å². The number of aliphatic carboxylic acids is 1. The lowest BCUT2D eigenvalue weighted by molar-refractivity contribution is -0.171. The summed E-state index contributed by atoms with van der Waals surface area (Å²) in [5.41, 5.74) is -0.531. The zero-order chi connectivity index (χ0) is 11.8. The Morgan fingerprint density at radius 2 is 2.25 bits per heavy atom. The van der Waals surface area contributed by atoms with Crippen LogP contribution in [0, 0.1) is 11.3 Å². The number of fused-ring (bicyclic) bond motifs is 2. The maximum atomic E-state index is 11.3. The molecule has 1 aliphatic carbocycles. The molecule has 0 spiro atoms. The van der Waals surface area contributed by atoms with Gasteiger partial charge < -0.3 is 20.5 Å². The third-order valence-electron chi connectivity index (χ3n) is 4.16. The third-order valence-corrected chi connectivity index (χ3v) is 4.16. The van der Waals surface area contributed by atoms with E-state index in [-0.39, 0.29) is 5.92 Å². The second-order valence-corrected chi connectivity index (χ2v) is 4.99. The van der Waals surface area contributed by atoms with E-state index in [1.807, 2.05) is 0 Å². The van der Waals surface area contributed by atoms with Crippen molar-refractivity contribution in [3.05, 3.63) is 0 Å². The molecule has 2 saturated heterocycles. The molecule has 3 rings (SSSR count). The fourth-order valence-corrected chi connectivity index (χ4v) is 3.24. The molecule has 3 fully saturated rings. The highest BCUT2D eigenvalue weighted by molar-refractivity contribution is 6.40. The highest BCUT2D eigenvalue weighted by Gasteiger charge is 2.60. The van der Waals surface area contributed by atoms with E-state index in [9.17, 15) is 9.90 Å². The molecule has 2 aliphatic heterocycles. The Labute approximate surface area is 95.0 Å². The Bertz CT molecular complexity index is 282. The molecular formula is C10H18BNO4. The first kappa shape index (κ1) is 11.9. The van der Waals surface area contributed by atoms with Crippen molar-refractivity contribution in [2.24, 2.45) is 11.3 Å². The van der Waals surface area contributed by atoms with Crippen molar-refractivity contribution in [1.82, 2.24) is 5.32 Å². The molecule has 6 heteroatoms. The van der Waals surface area contributed by atoms with Gasteiger partial charge in [-0.25, -0.2) is 0 Å². The van der Waals surface area contributed by atoms with Gasteiger partial charge in [0.05, 0.1) is 5.41 Å². The van der Waals surface area contributed by atoms with Gasteiger partial charge in [0, 0.05) is 6.04 Å². The van der Waals surface area contributed by atoms with Crippen LogP contribution in [-0.4, -0.2) is 40.8 Å². The smallest absolute Gasteiger partial charge is 0.451 e. The van der Waals surface area contributed by atoms with E-state index in [0.29, 0.717) is 25.2 Å². The Morgan fingerprint density at radius 1 is 1.50 bits per heavy atom. The second-order valence-electron chi connectivity index (χ2n) is 4.99. The fourth-order valence-electron chi connectivity index (χ4n) is 3.24. The number of hydrogen-bond acceptors (Lipinski definition) is 4. The lowest BCUT2D eigenvalue weighted by Gasteiger charge is -2.57. The molecule has 3 aliphatic rings. The largest absolute Gasteiger partial charge is 0.481 e. The minimum Gasteiger partial charge on any atom is -0.481 e. The van der Waals surface area contributed by atoms with Gasteiger partial charge >= 0.3 is 13.1 Å². The molecule has 2 heterocycles. The van der Waals surface area contributed by atoms with Crippen molar-refractivity contribution in [1.29, 1.82) is 0 Å². The van der Waals surface area contributed by atoms with Gasteiger partial charge in [-0.3, -0.25) is 4.79 Å². The van der Waals surface area contributed by atoms with Gasteiger partial charge in [0.15, 0.2) is 0 Å². The number of carbonyl (C=O) groups is 1. The van der Waals surface area contributed by atoms with Crippen LogP contribution in [0.2, 0.25) is 6.32 Å². The highest BCUT2D eigenvalue weighted by Crippen LogP contribution is 2.54. The summed E-state index contributed by atoms with van der Waals surface area (Å²) in [6, 6.07) is 0.320. The summed E-state index contributed by atoms with van der Waals surface area (Å²) in [6.45, 7) is 0.788. The van der Waals surface area contributed by atoms with E-state index in [0.717, 1.165) is 19.4 Å². The predicted octanol–water partition coefficient (Wildman–Crippen LogP) is -0.308. The molecule has 2 bridgehead atoms. The van der Waals surface area contributed by atoms with Crippen LogP contribution in [0.4, 0.5) is 0 Å². The van der Waals surface area contributed by atoms with Crippen molar-refractivity contribution in [3.8, 4) is 0 Å². The Hall–Kier alpha value is -0.585. The third kappa shape index (κ3) is 1.85. The Balaban J connectivity index is 1.91. The predicted molar refractivity (Wildman–Crippen MR) is 58.8 cm³/mol. The summed E-state index contributed by atoms with van der Waals surface area (Å²) in [6.07, 6.45) is 3.20. The number of piperidine rings is 2. The first-order chi connectivity index (χ1) is 7.56. The maximum absolute atomic E-state index is 11.3. The molecule has 0 amide bonds. The van der Waals surface area contributed by atoms with E-state index in [4.69, 9.17) is 10.0 Å². The van der Waals surface area contributed by atoms with Gasteiger partial charge in [-0.15, -0.1) is 0 Å².